The molecule has 2 aromatic rings. The van der Waals surface area contributed by atoms with E-state index < -0.39 is 0 Å². The molecular formula is C18H20ClFN2O2. The van der Waals surface area contributed by atoms with Gasteiger partial charge in [-0.25, -0.2) is 4.39 Å². The van der Waals surface area contributed by atoms with Crippen LogP contribution in [0.2, 0.25) is 5.02 Å². The molecule has 0 fully saturated rings. The van der Waals surface area contributed by atoms with Crippen LogP contribution in [0.3, 0.4) is 0 Å². The fraction of sp³-hybridized carbons (Fsp3) is 0.278. The second kappa shape index (κ2) is 9.25. The molecule has 0 aliphatic rings. The quantitative estimate of drug-likeness (QED) is 0.714. The van der Waals surface area contributed by atoms with Gasteiger partial charge in [-0.1, -0.05) is 29.8 Å². The zero-order valence-electron chi connectivity index (χ0n) is 13.4. The first-order valence-corrected chi connectivity index (χ1v) is 8.05. The van der Waals surface area contributed by atoms with E-state index >= 15 is 0 Å². The van der Waals surface area contributed by atoms with Gasteiger partial charge in [-0.2, -0.15) is 0 Å². The molecule has 2 aromatic carbocycles. The molecule has 1 amide bonds. The van der Waals surface area contributed by atoms with E-state index in [2.05, 4.69) is 10.6 Å². The highest BCUT2D eigenvalue weighted by Crippen LogP contribution is 2.27. The fourth-order valence-electron chi connectivity index (χ4n) is 2.24. The van der Waals surface area contributed by atoms with Crippen LogP contribution in [-0.2, 0) is 11.2 Å². The van der Waals surface area contributed by atoms with E-state index in [9.17, 15) is 9.18 Å². The standard InChI is InChI=1S/C18H20ClFN2O2/c1-24-17-7-6-14(19)12-16(17)22-18(23)9-11-21-10-8-13-4-2-3-5-15(13)20/h2-7,12,21H,8-11H2,1H3,(H,22,23). The summed E-state index contributed by atoms with van der Waals surface area (Å²) in [6.07, 6.45) is 0.878. The Balaban J connectivity index is 1.72. The third-order valence-corrected chi connectivity index (χ3v) is 3.73. The Labute approximate surface area is 146 Å². The average molecular weight is 351 g/mol. The van der Waals surface area contributed by atoms with Gasteiger partial charge in [-0.15, -0.1) is 0 Å². The van der Waals surface area contributed by atoms with E-state index in [4.69, 9.17) is 16.3 Å². The minimum Gasteiger partial charge on any atom is -0.495 e. The molecule has 128 valence electrons. The molecule has 6 heteroatoms. The maximum absolute atomic E-state index is 13.5. The molecule has 0 heterocycles. The molecule has 0 spiro atoms. The highest BCUT2D eigenvalue weighted by atomic mass is 35.5. The predicted octanol–water partition coefficient (Wildman–Crippen LogP) is 3.65. The molecule has 0 atom stereocenters. The van der Waals surface area contributed by atoms with Crippen LogP contribution >= 0.6 is 11.6 Å². The summed E-state index contributed by atoms with van der Waals surface area (Å²) in [6.45, 7) is 1.11. The number of hydrogen-bond donors (Lipinski definition) is 2. The van der Waals surface area contributed by atoms with Crippen molar-refractivity contribution in [1.29, 1.82) is 0 Å². The van der Waals surface area contributed by atoms with E-state index in [0.29, 0.717) is 48.0 Å². The molecular weight excluding hydrogens is 331 g/mol. The molecule has 0 aliphatic heterocycles. The SMILES string of the molecule is COc1ccc(Cl)cc1NC(=O)CCNCCc1ccccc1F. The van der Waals surface area contributed by atoms with Crippen molar-refractivity contribution < 1.29 is 13.9 Å². The van der Waals surface area contributed by atoms with Crippen LogP contribution in [0.25, 0.3) is 0 Å². The smallest absolute Gasteiger partial charge is 0.225 e. The van der Waals surface area contributed by atoms with Crippen molar-refractivity contribution in [3.05, 3.63) is 58.9 Å². The average Bonchev–Trinajstić information content (AvgIpc) is 2.56. The molecule has 24 heavy (non-hydrogen) atoms. The van der Waals surface area contributed by atoms with Crippen molar-refractivity contribution in [1.82, 2.24) is 5.32 Å². The van der Waals surface area contributed by atoms with Gasteiger partial charge in [0.05, 0.1) is 12.8 Å². The summed E-state index contributed by atoms with van der Waals surface area (Å²) in [7, 11) is 1.53. The Morgan fingerprint density at radius 1 is 1.21 bits per heavy atom. The number of carbonyl (C=O) groups excluding carboxylic acids is 1. The predicted molar refractivity (Wildman–Crippen MR) is 94.2 cm³/mol. The first-order chi connectivity index (χ1) is 11.6. The Morgan fingerprint density at radius 3 is 2.75 bits per heavy atom. The fourth-order valence-corrected chi connectivity index (χ4v) is 2.41. The monoisotopic (exact) mass is 350 g/mol. The van der Waals surface area contributed by atoms with Crippen LogP contribution in [0.15, 0.2) is 42.5 Å². The lowest BCUT2D eigenvalue weighted by molar-refractivity contribution is -0.116. The summed E-state index contributed by atoms with van der Waals surface area (Å²) < 4.78 is 18.6. The lowest BCUT2D eigenvalue weighted by Gasteiger charge is -2.11. The summed E-state index contributed by atoms with van der Waals surface area (Å²) >= 11 is 5.92. The van der Waals surface area contributed by atoms with Crippen LogP contribution in [0, 0.1) is 5.82 Å². The Kier molecular flexibility index (Phi) is 7.03. The second-order valence-corrected chi connectivity index (χ2v) is 5.67. The molecule has 0 aromatic heterocycles. The van der Waals surface area contributed by atoms with Gasteiger partial charge >= 0.3 is 0 Å². The zero-order chi connectivity index (χ0) is 17.4. The normalized spacial score (nSPS) is 10.5. The Morgan fingerprint density at radius 2 is 2.00 bits per heavy atom. The van der Waals surface area contributed by atoms with Gasteiger partial charge in [0.1, 0.15) is 11.6 Å². The van der Waals surface area contributed by atoms with E-state index in [1.54, 1.807) is 30.3 Å². The number of anilines is 1. The summed E-state index contributed by atoms with van der Waals surface area (Å²) in [5.74, 6) is 0.208. The van der Waals surface area contributed by atoms with E-state index in [1.165, 1.54) is 13.2 Å². The lowest BCUT2D eigenvalue weighted by atomic mass is 10.1. The molecule has 0 aliphatic carbocycles. The number of benzene rings is 2. The van der Waals surface area contributed by atoms with Crippen LogP contribution in [0.1, 0.15) is 12.0 Å². The maximum atomic E-state index is 13.5. The van der Waals surface area contributed by atoms with Crippen LogP contribution in [-0.4, -0.2) is 26.1 Å². The van der Waals surface area contributed by atoms with E-state index in [1.807, 2.05) is 6.07 Å². The molecule has 2 N–H and O–H groups in total. The molecule has 0 bridgehead atoms. The number of carbonyl (C=O) groups is 1. The molecule has 0 saturated heterocycles. The first-order valence-electron chi connectivity index (χ1n) is 7.67. The van der Waals surface area contributed by atoms with Crippen LogP contribution in [0.5, 0.6) is 5.75 Å². The maximum Gasteiger partial charge on any atom is 0.225 e. The Hall–Kier alpha value is -2.11. The van der Waals surface area contributed by atoms with Crippen molar-refractivity contribution in [2.24, 2.45) is 0 Å². The zero-order valence-corrected chi connectivity index (χ0v) is 14.2. The van der Waals surface area contributed by atoms with Gasteiger partial charge in [-0.05, 0) is 42.8 Å². The van der Waals surface area contributed by atoms with Gasteiger partial charge in [0.15, 0.2) is 0 Å². The topological polar surface area (TPSA) is 50.4 Å². The largest absolute Gasteiger partial charge is 0.495 e. The number of halogens is 2. The lowest BCUT2D eigenvalue weighted by Crippen LogP contribution is -2.24. The summed E-state index contributed by atoms with van der Waals surface area (Å²) in [5.41, 5.74) is 1.21. The summed E-state index contributed by atoms with van der Waals surface area (Å²) in [5, 5.41) is 6.43. The first kappa shape index (κ1) is 18.2. The second-order valence-electron chi connectivity index (χ2n) is 5.23. The number of ether oxygens (including phenoxy) is 1. The van der Waals surface area contributed by atoms with Crippen molar-refractivity contribution in [2.75, 3.05) is 25.5 Å². The minimum atomic E-state index is -0.204. The highest BCUT2D eigenvalue weighted by Gasteiger charge is 2.08. The van der Waals surface area contributed by atoms with Gasteiger partial charge < -0.3 is 15.4 Å². The third kappa shape index (κ3) is 5.51. The molecule has 2 rings (SSSR count). The number of hydrogen-bond acceptors (Lipinski definition) is 3. The Bertz CT molecular complexity index is 694. The number of amides is 1. The van der Waals surface area contributed by atoms with Gasteiger partial charge in [-0.3, -0.25) is 4.79 Å². The van der Waals surface area contributed by atoms with Gasteiger partial charge in [0.2, 0.25) is 5.91 Å². The molecule has 0 saturated carbocycles. The van der Waals surface area contributed by atoms with E-state index in [-0.39, 0.29) is 11.7 Å². The molecule has 4 nitrogen and oxygen atoms in total. The van der Waals surface area contributed by atoms with Crippen molar-refractivity contribution >= 4 is 23.2 Å². The van der Waals surface area contributed by atoms with Crippen molar-refractivity contribution in [2.45, 2.75) is 12.8 Å². The minimum absolute atomic E-state index is 0.144. The summed E-state index contributed by atoms with van der Waals surface area (Å²) in [4.78, 5) is 12.0. The molecule has 0 radical (unpaired) electrons. The highest BCUT2D eigenvalue weighted by molar-refractivity contribution is 6.31. The number of methoxy groups -OCH3 is 1. The van der Waals surface area contributed by atoms with E-state index in [0.717, 1.165) is 0 Å². The van der Waals surface area contributed by atoms with Crippen molar-refractivity contribution in [3.8, 4) is 5.75 Å². The summed E-state index contributed by atoms with van der Waals surface area (Å²) in [6, 6.07) is 11.7. The van der Waals surface area contributed by atoms with Crippen LogP contribution in [0.4, 0.5) is 10.1 Å². The number of rotatable bonds is 8. The molecule has 0 unspecified atom stereocenters. The third-order valence-electron chi connectivity index (χ3n) is 3.49. The van der Waals surface area contributed by atoms with Crippen molar-refractivity contribution in [3.63, 3.8) is 0 Å². The number of nitrogens with one attached hydrogen (secondary N) is 2. The van der Waals surface area contributed by atoms with Gasteiger partial charge in [0, 0.05) is 18.0 Å². The van der Waals surface area contributed by atoms with Gasteiger partial charge in [0.25, 0.3) is 0 Å². The van der Waals surface area contributed by atoms with Crippen LogP contribution < -0.4 is 15.4 Å².